The summed E-state index contributed by atoms with van der Waals surface area (Å²) in [5.41, 5.74) is 8.56. The molecular weight excluding hydrogens is 392 g/mol. The van der Waals surface area contributed by atoms with E-state index in [-0.39, 0.29) is 21.7 Å². The Labute approximate surface area is 195 Å². The van der Waals surface area contributed by atoms with Gasteiger partial charge in [-0.05, 0) is 68.6 Å². The van der Waals surface area contributed by atoms with E-state index in [2.05, 4.69) is 74.4 Å². The van der Waals surface area contributed by atoms with Gasteiger partial charge < -0.3 is 4.74 Å². The molecule has 0 bridgehead atoms. The van der Waals surface area contributed by atoms with Crippen molar-refractivity contribution in [1.82, 2.24) is 0 Å². The number of Topliss-reactive ketones (excluding diaryl/α,β-unsaturated/α-hetero) is 1. The summed E-state index contributed by atoms with van der Waals surface area (Å²) in [6, 6.07) is 5.02. The van der Waals surface area contributed by atoms with Gasteiger partial charge in [0.15, 0.2) is 5.78 Å². The SMILES string of the molecule is CC1COCc2cc3c(cc21)C(C)(C)C(C1C(C)(C)C2=C(C(=O)CCC2)C1(C)C)C3(C)C. The number of carbonyl (C=O) groups is 1. The van der Waals surface area contributed by atoms with Crippen molar-refractivity contribution in [2.75, 3.05) is 6.61 Å². The molecule has 0 aromatic heterocycles. The maximum absolute atomic E-state index is 13.2. The van der Waals surface area contributed by atoms with Crippen LogP contribution < -0.4 is 0 Å². The number of carbonyl (C=O) groups excluding carboxylic acids is 1. The molecule has 32 heavy (non-hydrogen) atoms. The molecule has 0 amide bonds. The van der Waals surface area contributed by atoms with Crippen molar-refractivity contribution in [2.45, 2.75) is 105 Å². The summed E-state index contributed by atoms with van der Waals surface area (Å²) < 4.78 is 5.91. The fraction of sp³-hybridized carbons (Fsp3) is 0.700. The summed E-state index contributed by atoms with van der Waals surface area (Å²) in [7, 11) is 0. The molecule has 5 rings (SSSR count). The first-order valence-electron chi connectivity index (χ1n) is 12.8. The molecule has 2 heteroatoms. The number of allylic oxidation sites excluding steroid dienone is 2. The van der Waals surface area contributed by atoms with Gasteiger partial charge in [0.2, 0.25) is 0 Å². The summed E-state index contributed by atoms with van der Waals surface area (Å²) in [5, 5.41) is 0. The Morgan fingerprint density at radius 1 is 0.812 bits per heavy atom. The molecule has 3 atom stereocenters. The molecular formula is C30H42O2. The van der Waals surface area contributed by atoms with Gasteiger partial charge in [-0.3, -0.25) is 4.79 Å². The predicted molar refractivity (Wildman–Crippen MR) is 131 cm³/mol. The van der Waals surface area contributed by atoms with Gasteiger partial charge in [0, 0.05) is 17.9 Å². The van der Waals surface area contributed by atoms with E-state index in [1.165, 1.54) is 33.4 Å². The van der Waals surface area contributed by atoms with Crippen LogP contribution in [0.1, 0.15) is 110 Å². The van der Waals surface area contributed by atoms with Crippen molar-refractivity contribution in [3.05, 3.63) is 45.5 Å². The number of ether oxygens (including phenoxy) is 1. The predicted octanol–water partition coefficient (Wildman–Crippen LogP) is 7.24. The lowest BCUT2D eigenvalue weighted by atomic mass is 9.52. The van der Waals surface area contributed by atoms with E-state index in [9.17, 15) is 4.79 Å². The standard InChI is InChI=1S/C30H42O2/c1-17-15-32-16-18-13-21-22(14-19(17)18)29(6,7)25(28(21,4)5)26-27(2,3)20-11-10-12-23(31)24(20)30(26,8)9/h13-14,17,25-26H,10-12,15-16H2,1-9H3. The molecule has 2 nitrogen and oxygen atoms in total. The highest BCUT2D eigenvalue weighted by atomic mass is 16.5. The first kappa shape index (κ1) is 22.4. The molecule has 1 aliphatic heterocycles. The molecule has 1 aromatic carbocycles. The van der Waals surface area contributed by atoms with Gasteiger partial charge in [-0.15, -0.1) is 0 Å². The van der Waals surface area contributed by atoms with Crippen LogP contribution in [0.25, 0.3) is 0 Å². The maximum atomic E-state index is 13.2. The Balaban J connectivity index is 1.70. The van der Waals surface area contributed by atoms with Gasteiger partial charge in [0.1, 0.15) is 0 Å². The number of benzene rings is 1. The number of fused-ring (bicyclic) bond motifs is 2. The average molecular weight is 435 g/mol. The van der Waals surface area contributed by atoms with Crippen molar-refractivity contribution in [3.8, 4) is 0 Å². The van der Waals surface area contributed by atoms with Crippen LogP contribution in [0.15, 0.2) is 23.3 Å². The molecule has 1 heterocycles. The second-order valence-electron chi connectivity index (χ2n) is 13.5. The van der Waals surface area contributed by atoms with Crippen molar-refractivity contribution in [1.29, 1.82) is 0 Å². The summed E-state index contributed by atoms with van der Waals surface area (Å²) in [6.07, 6.45) is 2.84. The lowest BCUT2D eigenvalue weighted by molar-refractivity contribution is -0.117. The first-order chi connectivity index (χ1) is 14.7. The van der Waals surface area contributed by atoms with Crippen LogP contribution in [0.4, 0.5) is 0 Å². The number of ketones is 1. The van der Waals surface area contributed by atoms with Crippen molar-refractivity contribution >= 4 is 5.78 Å². The molecule has 0 fully saturated rings. The summed E-state index contributed by atoms with van der Waals surface area (Å²) in [5.74, 6) is 1.74. The lowest BCUT2D eigenvalue weighted by Gasteiger charge is -2.51. The van der Waals surface area contributed by atoms with Crippen LogP contribution in [0.5, 0.6) is 0 Å². The Morgan fingerprint density at radius 2 is 1.41 bits per heavy atom. The third-order valence-corrected chi connectivity index (χ3v) is 10.1. The largest absolute Gasteiger partial charge is 0.376 e. The average Bonchev–Trinajstić information content (AvgIpc) is 2.94. The van der Waals surface area contributed by atoms with Gasteiger partial charge in [-0.2, -0.15) is 0 Å². The normalized spacial score (nSPS) is 33.7. The van der Waals surface area contributed by atoms with Gasteiger partial charge in [0.05, 0.1) is 13.2 Å². The smallest absolute Gasteiger partial charge is 0.159 e. The first-order valence-corrected chi connectivity index (χ1v) is 12.8. The molecule has 1 aromatic rings. The summed E-state index contributed by atoms with van der Waals surface area (Å²) in [6.45, 7) is 23.4. The highest BCUT2D eigenvalue weighted by Gasteiger charge is 2.65. The second kappa shape index (κ2) is 6.59. The van der Waals surface area contributed by atoms with Gasteiger partial charge in [0.25, 0.3) is 0 Å². The van der Waals surface area contributed by atoms with Crippen LogP contribution in [0.2, 0.25) is 0 Å². The molecule has 0 N–H and O–H groups in total. The highest BCUT2D eigenvalue weighted by molar-refractivity contribution is 5.99. The van der Waals surface area contributed by atoms with Crippen LogP contribution in [-0.4, -0.2) is 12.4 Å². The Kier molecular flexibility index (Phi) is 4.61. The van der Waals surface area contributed by atoms with Crippen molar-refractivity contribution < 1.29 is 9.53 Å². The highest BCUT2D eigenvalue weighted by Crippen LogP contribution is 2.70. The summed E-state index contributed by atoms with van der Waals surface area (Å²) in [4.78, 5) is 13.2. The van der Waals surface area contributed by atoms with E-state index in [0.29, 0.717) is 23.5 Å². The maximum Gasteiger partial charge on any atom is 0.159 e. The number of hydrogen-bond donors (Lipinski definition) is 0. The molecule has 174 valence electrons. The molecule has 0 radical (unpaired) electrons. The van der Waals surface area contributed by atoms with E-state index >= 15 is 0 Å². The van der Waals surface area contributed by atoms with Crippen LogP contribution >= 0.6 is 0 Å². The topological polar surface area (TPSA) is 26.3 Å². The Morgan fingerprint density at radius 3 is 2.03 bits per heavy atom. The lowest BCUT2D eigenvalue weighted by Crippen LogP contribution is -2.49. The molecule has 3 unspecified atom stereocenters. The second-order valence-corrected chi connectivity index (χ2v) is 13.5. The number of rotatable bonds is 1. The van der Waals surface area contributed by atoms with Gasteiger partial charge in [-0.25, -0.2) is 0 Å². The van der Waals surface area contributed by atoms with E-state index in [0.717, 1.165) is 32.5 Å². The van der Waals surface area contributed by atoms with E-state index < -0.39 is 0 Å². The Hall–Kier alpha value is -1.41. The monoisotopic (exact) mass is 434 g/mol. The zero-order valence-corrected chi connectivity index (χ0v) is 21.7. The zero-order valence-electron chi connectivity index (χ0n) is 21.7. The quantitative estimate of drug-likeness (QED) is 0.466. The van der Waals surface area contributed by atoms with E-state index in [1.54, 1.807) is 0 Å². The minimum Gasteiger partial charge on any atom is -0.376 e. The third-order valence-electron chi connectivity index (χ3n) is 10.1. The Bertz CT molecular complexity index is 1030. The van der Waals surface area contributed by atoms with Crippen LogP contribution in [0.3, 0.4) is 0 Å². The van der Waals surface area contributed by atoms with E-state index in [1.807, 2.05) is 0 Å². The van der Waals surface area contributed by atoms with Crippen LogP contribution in [0, 0.1) is 22.7 Å². The fourth-order valence-corrected chi connectivity index (χ4v) is 9.13. The fourth-order valence-electron chi connectivity index (χ4n) is 9.13. The molecule has 0 saturated carbocycles. The number of hydrogen-bond acceptors (Lipinski definition) is 2. The third kappa shape index (κ3) is 2.65. The minimum atomic E-state index is -0.104. The molecule has 0 spiro atoms. The van der Waals surface area contributed by atoms with Crippen LogP contribution in [-0.2, 0) is 27.0 Å². The summed E-state index contributed by atoms with van der Waals surface area (Å²) >= 11 is 0. The molecule has 0 saturated heterocycles. The van der Waals surface area contributed by atoms with Crippen molar-refractivity contribution in [2.24, 2.45) is 22.7 Å². The molecule has 4 aliphatic rings. The van der Waals surface area contributed by atoms with E-state index in [4.69, 9.17) is 4.74 Å². The van der Waals surface area contributed by atoms with Gasteiger partial charge >= 0.3 is 0 Å². The van der Waals surface area contributed by atoms with Crippen molar-refractivity contribution in [3.63, 3.8) is 0 Å². The van der Waals surface area contributed by atoms with Gasteiger partial charge in [-0.1, -0.05) is 80.0 Å². The minimum absolute atomic E-state index is 0.0332. The molecule has 3 aliphatic carbocycles. The zero-order chi connectivity index (χ0) is 23.4.